The number of piperidine rings is 1. The monoisotopic (exact) mass is 499 g/mol. The van der Waals surface area contributed by atoms with Gasteiger partial charge in [-0.3, -0.25) is 9.78 Å². The first-order chi connectivity index (χ1) is 18.1. The van der Waals surface area contributed by atoms with Gasteiger partial charge in [-0.15, -0.1) is 0 Å². The normalized spacial score (nSPS) is 22.5. The number of H-pyrrole nitrogens is 2. The van der Waals surface area contributed by atoms with Gasteiger partial charge in [-0.25, -0.2) is 14.8 Å². The number of amides is 2. The molecule has 37 heavy (non-hydrogen) atoms. The molecule has 3 aromatic rings. The number of alkyl carbamates (subject to hydrolysis) is 1. The number of nitrogens with zero attached hydrogens (tertiary/aromatic N) is 4. The summed E-state index contributed by atoms with van der Waals surface area (Å²) in [5.41, 5.74) is 6.29. The van der Waals surface area contributed by atoms with E-state index in [2.05, 4.69) is 48.2 Å². The Morgan fingerprint density at radius 1 is 1.08 bits per heavy atom. The summed E-state index contributed by atoms with van der Waals surface area (Å²) < 4.78 is 4.60. The van der Waals surface area contributed by atoms with Gasteiger partial charge in [0.2, 0.25) is 5.91 Å². The van der Waals surface area contributed by atoms with Crippen molar-refractivity contribution >= 4 is 23.1 Å². The minimum Gasteiger partial charge on any atom is -0.453 e. The van der Waals surface area contributed by atoms with Crippen LogP contribution in [0.15, 0.2) is 49.2 Å². The Hall–Kier alpha value is -4.21. The molecule has 3 aromatic heterocycles. The molecule has 2 fully saturated rings. The highest BCUT2D eigenvalue weighted by molar-refractivity contribution is 5.83. The Morgan fingerprint density at radius 3 is 2.68 bits per heavy atom. The number of imidazole rings is 2. The molecule has 6 rings (SSSR count). The number of likely N-dealkylation sites (tertiary alicyclic amines) is 1. The molecule has 10 nitrogen and oxygen atoms in total. The van der Waals surface area contributed by atoms with Crippen LogP contribution >= 0.6 is 0 Å². The molecule has 1 saturated carbocycles. The highest BCUT2D eigenvalue weighted by atomic mass is 16.5. The second kappa shape index (κ2) is 9.68. The van der Waals surface area contributed by atoms with Crippen molar-refractivity contribution in [1.82, 2.24) is 35.1 Å². The Kier molecular flexibility index (Phi) is 6.07. The van der Waals surface area contributed by atoms with Crippen LogP contribution in [0.2, 0.25) is 0 Å². The number of fused-ring (bicyclic) bond motifs is 2. The molecule has 0 spiro atoms. The largest absolute Gasteiger partial charge is 0.453 e. The Labute approximate surface area is 214 Å². The van der Waals surface area contributed by atoms with E-state index in [0.717, 1.165) is 60.6 Å². The van der Waals surface area contributed by atoms with E-state index in [-0.39, 0.29) is 24.5 Å². The van der Waals surface area contributed by atoms with Crippen molar-refractivity contribution in [2.75, 3.05) is 13.7 Å². The van der Waals surface area contributed by atoms with Gasteiger partial charge < -0.3 is 24.9 Å². The van der Waals surface area contributed by atoms with Crippen LogP contribution < -0.4 is 5.32 Å². The van der Waals surface area contributed by atoms with Crippen molar-refractivity contribution in [2.24, 2.45) is 5.92 Å². The van der Waals surface area contributed by atoms with Crippen LogP contribution in [0.25, 0.3) is 22.4 Å². The second-order valence-corrected chi connectivity index (χ2v) is 9.78. The standard InChI is InChI=1S/C27H29N7O3/c1-37-27(36)31-14-24(35)34-20-8-6-18(10-20)25(34)26-30-13-23(33-26)19-7-9-21(29-11-19)16-2-4-17(5-3-16)22-12-28-15-32-22/h2,4,7,9,11-13,15,18,20,25H,3,5-6,8,10,14H2,1H3,(H,28,32)(H,30,33)(H,31,36). The molecule has 1 aliphatic heterocycles. The molecule has 2 aliphatic carbocycles. The first kappa shape index (κ1) is 23.2. The maximum Gasteiger partial charge on any atom is 0.407 e. The lowest BCUT2D eigenvalue weighted by molar-refractivity contribution is -0.134. The van der Waals surface area contributed by atoms with Crippen LogP contribution in [0.5, 0.6) is 0 Å². The number of nitrogens with one attached hydrogen (secondary N) is 3. The van der Waals surface area contributed by atoms with Crippen molar-refractivity contribution in [3.63, 3.8) is 0 Å². The summed E-state index contributed by atoms with van der Waals surface area (Å²) in [6.07, 6.45) is 15.8. The van der Waals surface area contributed by atoms with Gasteiger partial charge in [0.25, 0.3) is 0 Å². The molecule has 0 radical (unpaired) electrons. The van der Waals surface area contributed by atoms with Gasteiger partial charge >= 0.3 is 6.09 Å². The van der Waals surface area contributed by atoms with Gasteiger partial charge in [-0.2, -0.15) is 0 Å². The molecule has 10 heteroatoms. The number of rotatable bonds is 6. The summed E-state index contributed by atoms with van der Waals surface area (Å²) in [6, 6.07) is 4.17. The number of aromatic nitrogens is 5. The predicted octanol–water partition coefficient (Wildman–Crippen LogP) is 3.86. The molecule has 0 aromatic carbocycles. The SMILES string of the molecule is COC(=O)NCC(=O)N1C2CCC(C2)C1c1ncc(-c2ccc(C3=CC=C(c4cnc[nH]4)CC3)nc2)[nH]1. The Bertz CT molecular complexity index is 1360. The zero-order chi connectivity index (χ0) is 25.4. The number of hydrogen-bond donors (Lipinski definition) is 3. The van der Waals surface area contributed by atoms with Gasteiger partial charge in [0.15, 0.2) is 0 Å². The fourth-order valence-corrected chi connectivity index (χ4v) is 5.89. The lowest BCUT2D eigenvalue weighted by atomic mass is 9.94. The minimum absolute atomic E-state index is 0.0836. The maximum absolute atomic E-state index is 13.0. The number of ether oxygens (including phenoxy) is 1. The van der Waals surface area contributed by atoms with E-state index < -0.39 is 6.09 Å². The number of carbonyl (C=O) groups is 2. The number of hydrogen-bond acceptors (Lipinski definition) is 6. The second-order valence-electron chi connectivity index (χ2n) is 9.78. The van der Waals surface area contributed by atoms with E-state index in [1.165, 1.54) is 18.3 Å². The average molecular weight is 500 g/mol. The fraction of sp³-hybridized carbons (Fsp3) is 0.370. The van der Waals surface area contributed by atoms with Crippen molar-refractivity contribution in [2.45, 2.75) is 44.2 Å². The van der Waals surface area contributed by atoms with E-state index in [1.54, 1.807) is 6.33 Å². The molecule has 3 unspecified atom stereocenters. The van der Waals surface area contributed by atoms with Crippen LogP contribution in [-0.2, 0) is 9.53 Å². The molecule has 3 atom stereocenters. The van der Waals surface area contributed by atoms with Crippen molar-refractivity contribution in [1.29, 1.82) is 0 Å². The van der Waals surface area contributed by atoms with Gasteiger partial charge in [0, 0.05) is 17.8 Å². The molecule has 1 saturated heterocycles. The third kappa shape index (κ3) is 4.43. The molecule has 3 aliphatic rings. The van der Waals surface area contributed by atoms with Crippen molar-refractivity contribution in [3.05, 3.63) is 66.4 Å². The van der Waals surface area contributed by atoms with Crippen molar-refractivity contribution in [3.8, 4) is 11.3 Å². The van der Waals surface area contributed by atoms with Gasteiger partial charge in [-0.1, -0.05) is 12.2 Å². The third-order valence-corrected chi connectivity index (χ3v) is 7.72. The van der Waals surface area contributed by atoms with Crippen molar-refractivity contribution < 1.29 is 14.3 Å². The average Bonchev–Trinajstić information content (AvgIpc) is 3.76. The van der Waals surface area contributed by atoms with Gasteiger partial charge in [-0.05, 0) is 61.3 Å². The van der Waals surface area contributed by atoms with Crippen LogP contribution in [-0.4, -0.2) is 61.5 Å². The summed E-state index contributed by atoms with van der Waals surface area (Å²) in [5.74, 6) is 1.03. The minimum atomic E-state index is -0.608. The van der Waals surface area contributed by atoms with Crippen LogP contribution in [0.4, 0.5) is 4.79 Å². The quantitative estimate of drug-likeness (QED) is 0.472. The summed E-state index contributed by atoms with van der Waals surface area (Å²) in [6.45, 7) is -0.0836. The molecular weight excluding hydrogens is 470 g/mol. The summed E-state index contributed by atoms with van der Waals surface area (Å²) >= 11 is 0. The van der Waals surface area contributed by atoms with Gasteiger partial charge in [0.1, 0.15) is 12.4 Å². The molecule has 3 N–H and O–H groups in total. The van der Waals surface area contributed by atoms with E-state index in [1.807, 2.05) is 29.6 Å². The Balaban J connectivity index is 1.17. The summed E-state index contributed by atoms with van der Waals surface area (Å²) in [5, 5.41) is 2.51. The van der Waals surface area contributed by atoms with Gasteiger partial charge in [0.05, 0.1) is 49.0 Å². The lowest BCUT2D eigenvalue weighted by Gasteiger charge is -2.34. The Morgan fingerprint density at radius 2 is 1.95 bits per heavy atom. The molecule has 4 heterocycles. The molecule has 2 bridgehead atoms. The maximum atomic E-state index is 13.0. The molecule has 2 amide bonds. The van der Waals surface area contributed by atoms with E-state index in [4.69, 9.17) is 4.98 Å². The van der Waals surface area contributed by atoms with Crippen LogP contribution in [0.3, 0.4) is 0 Å². The molecule has 190 valence electrons. The zero-order valence-electron chi connectivity index (χ0n) is 20.6. The van der Waals surface area contributed by atoms with E-state index in [9.17, 15) is 9.59 Å². The highest BCUT2D eigenvalue weighted by Crippen LogP contribution is 2.49. The van der Waals surface area contributed by atoms with E-state index in [0.29, 0.717) is 5.92 Å². The fourth-order valence-electron chi connectivity index (χ4n) is 5.89. The number of carbonyl (C=O) groups excluding carboxylic acids is 2. The lowest BCUT2D eigenvalue weighted by Crippen LogP contribution is -2.45. The zero-order valence-corrected chi connectivity index (χ0v) is 20.6. The topological polar surface area (TPSA) is 129 Å². The first-order valence-corrected chi connectivity index (χ1v) is 12.6. The number of allylic oxidation sites excluding steroid dienone is 4. The van der Waals surface area contributed by atoms with E-state index >= 15 is 0 Å². The van der Waals surface area contributed by atoms with Crippen LogP contribution in [0.1, 0.15) is 55.4 Å². The number of aromatic amines is 2. The summed E-state index contributed by atoms with van der Waals surface area (Å²) in [4.78, 5) is 46.4. The summed E-state index contributed by atoms with van der Waals surface area (Å²) in [7, 11) is 1.29. The predicted molar refractivity (Wildman–Crippen MR) is 137 cm³/mol. The smallest absolute Gasteiger partial charge is 0.407 e. The first-order valence-electron chi connectivity index (χ1n) is 12.6. The van der Waals surface area contributed by atoms with Crippen LogP contribution in [0, 0.1) is 5.92 Å². The highest BCUT2D eigenvalue weighted by Gasteiger charge is 2.49. The number of pyridine rings is 1. The third-order valence-electron chi connectivity index (χ3n) is 7.72. The molecular formula is C27H29N7O3. The number of methoxy groups -OCH3 is 1.